The second-order valence-electron chi connectivity index (χ2n) is 3.51. The molecule has 0 spiro atoms. The van der Waals surface area contributed by atoms with Gasteiger partial charge in [0.05, 0.1) is 12.1 Å². The summed E-state index contributed by atoms with van der Waals surface area (Å²) in [5, 5.41) is 8.06. The molecule has 2 aromatic rings. The molecule has 8 heteroatoms. The van der Waals surface area contributed by atoms with Crippen LogP contribution < -0.4 is 0 Å². The van der Waals surface area contributed by atoms with Gasteiger partial charge in [-0.15, -0.1) is 10.2 Å². The third kappa shape index (κ3) is 3.11. The fourth-order valence-corrected chi connectivity index (χ4v) is 1.87. The summed E-state index contributed by atoms with van der Waals surface area (Å²) in [5.74, 6) is 0. The van der Waals surface area contributed by atoms with Crippen molar-refractivity contribution in [1.29, 1.82) is 0 Å². The Kier molecular flexibility index (Phi) is 3.76. The van der Waals surface area contributed by atoms with Crippen molar-refractivity contribution in [2.24, 2.45) is 0 Å². The second-order valence-corrected chi connectivity index (χ2v) is 5.01. The van der Waals surface area contributed by atoms with Crippen LogP contribution in [0.3, 0.4) is 0 Å². The van der Waals surface area contributed by atoms with Crippen LogP contribution in [-0.2, 0) is 12.7 Å². The van der Waals surface area contributed by atoms with Gasteiger partial charge in [-0.2, -0.15) is 18.0 Å². The van der Waals surface area contributed by atoms with Gasteiger partial charge in [0.2, 0.25) is 0 Å². The highest BCUT2D eigenvalue weighted by Crippen LogP contribution is 2.29. The number of hydrogen-bond acceptors (Lipinski definition) is 2. The van der Waals surface area contributed by atoms with E-state index in [4.69, 9.17) is 0 Å². The standard InChI is InChI=1S/C10H6Br2F3N3/c11-8-9(12)17-18(16-8)5-6-1-3-7(4-2-6)10(13,14)15/h1-4H,5H2. The van der Waals surface area contributed by atoms with Crippen LogP contribution in [0, 0.1) is 0 Å². The molecule has 3 nitrogen and oxygen atoms in total. The topological polar surface area (TPSA) is 30.7 Å². The Morgan fingerprint density at radius 1 is 1.00 bits per heavy atom. The van der Waals surface area contributed by atoms with Gasteiger partial charge in [0.15, 0.2) is 9.21 Å². The van der Waals surface area contributed by atoms with Gasteiger partial charge < -0.3 is 0 Å². The van der Waals surface area contributed by atoms with Crippen molar-refractivity contribution in [2.75, 3.05) is 0 Å². The molecule has 0 bridgehead atoms. The van der Waals surface area contributed by atoms with E-state index in [1.54, 1.807) is 0 Å². The molecule has 0 saturated heterocycles. The summed E-state index contributed by atoms with van der Waals surface area (Å²) in [4.78, 5) is 1.39. The van der Waals surface area contributed by atoms with Gasteiger partial charge in [0, 0.05) is 0 Å². The maximum Gasteiger partial charge on any atom is 0.416 e. The number of nitrogens with zero attached hydrogens (tertiary/aromatic N) is 3. The van der Waals surface area contributed by atoms with E-state index in [0.717, 1.165) is 12.1 Å². The molecule has 1 aromatic carbocycles. The third-order valence-corrected chi connectivity index (χ3v) is 3.78. The van der Waals surface area contributed by atoms with E-state index in [9.17, 15) is 13.2 Å². The lowest BCUT2D eigenvalue weighted by molar-refractivity contribution is -0.137. The average Bonchev–Trinajstić information content (AvgIpc) is 2.57. The van der Waals surface area contributed by atoms with Crippen LogP contribution in [0.15, 0.2) is 33.5 Å². The molecule has 0 aliphatic rings. The summed E-state index contributed by atoms with van der Waals surface area (Å²) in [6.07, 6.45) is -4.31. The average molecular weight is 385 g/mol. The molecule has 18 heavy (non-hydrogen) atoms. The number of benzene rings is 1. The molecule has 0 fully saturated rings. The fraction of sp³-hybridized carbons (Fsp3) is 0.200. The number of hydrogen-bond donors (Lipinski definition) is 0. The zero-order chi connectivity index (χ0) is 13.3. The van der Waals surface area contributed by atoms with Gasteiger partial charge in [0.1, 0.15) is 0 Å². The Balaban J connectivity index is 2.16. The van der Waals surface area contributed by atoms with Crippen LogP contribution in [0.4, 0.5) is 13.2 Å². The largest absolute Gasteiger partial charge is 0.416 e. The first-order chi connectivity index (χ1) is 8.36. The summed E-state index contributed by atoms with van der Waals surface area (Å²) in [5.41, 5.74) is 0.0278. The van der Waals surface area contributed by atoms with E-state index in [-0.39, 0.29) is 0 Å². The SMILES string of the molecule is FC(F)(F)c1ccc(Cn2nc(Br)c(Br)n2)cc1. The number of alkyl halides is 3. The highest BCUT2D eigenvalue weighted by atomic mass is 79.9. The Morgan fingerprint density at radius 2 is 1.50 bits per heavy atom. The molecule has 0 atom stereocenters. The van der Waals surface area contributed by atoms with Gasteiger partial charge in [-0.25, -0.2) is 0 Å². The van der Waals surface area contributed by atoms with Crippen LogP contribution in [0.1, 0.15) is 11.1 Å². The minimum absolute atomic E-state index is 0.308. The van der Waals surface area contributed by atoms with E-state index < -0.39 is 11.7 Å². The fourth-order valence-electron chi connectivity index (χ4n) is 1.34. The zero-order valence-electron chi connectivity index (χ0n) is 8.75. The van der Waals surface area contributed by atoms with Crippen molar-refractivity contribution < 1.29 is 13.2 Å². The number of aromatic nitrogens is 3. The monoisotopic (exact) mass is 383 g/mol. The molecule has 1 aromatic heterocycles. The van der Waals surface area contributed by atoms with Gasteiger partial charge in [-0.1, -0.05) is 12.1 Å². The maximum atomic E-state index is 12.4. The van der Waals surface area contributed by atoms with Crippen molar-refractivity contribution >= 4 is 31.9 Å². The van der Waals surface area contributed by atoms with Crippen molar-refractivity contribution in [1.82, 2.24) is 15.0 Å². The van der Waals surface area contributed by atoms with Gasteiger partial charge in [-0.3, -0.25) is 0 Å². The van der Waals surface area contributed by atoms with Gasteiger partial charge in [0.25, 0.3) is 0 Å². The minimum Gasteiger partial charge on any atom is -0.178 e. The van der Waals surface area contributed by atoms with E-state index in [1.165, 1.54) is 16.9 Å². The van der Waals surface area contributed by atoms with Crippen LogP contribution in [0.25, 0.3) is 0 Å². The maximum absolute atomic E-state index is 12.4. The zero-order valence-corrected chi connectivity index (χ0v) is 11.9. The molecular formula is C10H6Br2F3N3. The Bertz CT molecular complexity index is 529. The molecule has 0 aliphatic heterocycles. The Labute approximate surface area is 117 Å². The minimum atomic E-state index is -4.31. The van der Waals surface area contributed by atoms with Crippen molar-refractivity contribution in [3.63, 3.8) is 0 Å². The first-order valence-electron chi connectivity index (χ1n) is 4.78. The summed E-state index contributed by atoms with van der Waals surface area (Å²) in [6, 6.07) is 4.91. The van der Waals surface area contributed by atoms with Crippen molar-refractivity contribution in [2.45, 2.75) is 12.7 Å². The van der Waals surface area contributed by atoms with Crippen LogP contribution in [-0.4, -0.2) is 15.0 Å². The lowest BCUT2D eigenvalue weighted by Gasteiger charge is -2.07. The van der Waals surface area contributed by atoms with E-state index in [0.29, 0.717) is 21.3 Å². The van der Waals surface area contributed by atoms with Crippen molar-refractivity contribution in [3.8, 4) is 0 Å². The quantitative estimate of drug-likeness (QED) is 0.786. The molecule has 1 heterocycles. The summed E-state index contributed by atoms with van der Waals surface area (Å²) in [7, 11) is 0. The number of rotatable bonds is 2. The first kappa shape index (κ1) is 13.5. The van der Waals surface area contributed by atoms with E-state index in [2.05, 4.69) is 42.1 Å². The normalized spacial score (nSPS) is 11.8. The Morgan fingerprint density at radius 3 is 1.94 bits per heavy atom. The van der Waals surface area contributed by atoms with E-state index in [1.807, 2.05) is 0 Å². The smallest absolute Gasteiger partial charge is 0.178 e. The molecule has 0 unspecified atom stereocenters. The predicted octanol–water partition coefficient (Wildman–Crippen LogP) is 3.87. The lowest BCUT2D eigenvalue weighted by atomic mass is 10.1. The van der Waals surface area contributed by atoms with Crippen LogP contribution >= 0.6 is 31.9 Å². The van der Waals surface area contributed by atoms with Crippen LogP contribution in [0.5, 0.6) is 0 Å². The van der Waals surface area contributed by atoms with Crippen LogP contribution in [0.2, 0.25) is 0 Å². The highest BCUT2D eigenvalue weighted by Gasteiger charge is 2.29. The molecular weight excluding hydrogens is 379 g/mol. The molecule has 96 valence electrons. The third-order valence-electron chi connectivity index (χ3n) is 2.18. The molecule has 0 aliphatic carbocycles. The van der Waals surface area contributed by atoms with Gasteiger partial charge >= 0.3 is 6.18 Å². The molecule has 2 rings (SSSR count). The molecule has 0 saturated carbocycles. The lowest BCUT2D eigenvalue weighted by Crippen LogP contribution is -2.07. The first-order valence-corrected chi connectivity index (χ1v) is 6.37. The predicted molar refractivity (Wildman–Crippen MR) is 66.0 cm³/mol. The summed E-state index contributed by atoms with van der Waals surface area (Å²) < 4.78 is 38.2. The second kappa shape index (κ2) is 5.00. The van der Waals surface area contributed by atoms with Crippen molar-refractivity contribution in [3.05, 3.63) is 44.6 Å². The van der Waals surface area contributed by atoms with E-state index >= 15 is 0 Å². The summed E-state index contributed by atoms with van der Waals surface area (Å²) >= 11 is 6.35. The highest BCUT2D eigenvalue weighted by molar-refractivity contribution is 9.13. The summed E-state index contributed by atoms with van der Waals surface area (Å²) in [6.45, 7) is 0.308. The van der Waals surface area contributed by atoms with Gasteiger partial charge in [-0.05, 0) is 49.6 Å². The molecule has 0 amide bonds. The Hall–Kier alpha value is -0.890. The molecule has 0 radical (unpaired) electrons. The molecule has 0 N–H and O–H groups in total. The number of halogens is 5.